The quantitative estimate of drug-likeness (QED) is 0.711. The number of urea groups is 1. The standard InChI is InChI=1S/C15H21F3N2O2/c1-2-3-9-22-10-5-8-19-14(21)20-13-7-4-6-12(11-13)15(16,17)18/h4,6-7,11H,2-3,5,8-10H2,1H3,(H2,19,20,21). The van der Waals surface area contributed by atoms with Crippen LogP contribution in [0.2, 0.25) is 0 Å². The Balaban J connectivity index is 2.28. The van der Waals surface area contributed by atoms with E-state index in [1.54, 1.807) is 0 Å². The Morgan fingerprint density at radius 2 is 1.95 bits per heavy atom. The predicted molar refractivity (Wildman–Crippen MR) is 78.8 cm³/mol. The molecule has 0 saturated heterocycles. The number of amides is 2. The molecule has 0 heterocycles. The number of hydrogen-bond donors (Lipinski definition) is 2. The Bertz CT molecular complexity index is 464. The Morgan fingerprint density at radius 1 is 1.23 bits per heavy atom. The minimum absolute atomic E-state index is 0.103. The van der Waals surface area contributed by atoms with E-state index < -0.39 is 17.8 Å². The van der Waals surface area contributed by atoms with Crippen molar-refractivity contribution in [3.05, 3.63) is 29.8 Å². The zero-order valence-corrected chi connectivity index (χ0v) is 12.5. The molecule has 0 radical (unpaired) electrons. The molecule has 124 valence electrons. The number of alkyl halides is 3. The van der Waals surface area contributed by atoms with Gasteiger partial charge in [0.25, 0.3) is 0 Å². The van der Waals surface area contributed by atoms with Gasteiger partial charge in [-0.05, 0) is 31.0 Å². The molecule has 0 aliphatic heterocycles. The summed E-state index contributed by atoms with van der Waals surface area (Å²) in [5.41, 5.74) is -0.693. The largest absolute Gasteiger partial charge is 0.416 e. The lowest BCUT2D eigenvalue weighted by Crippen LogP contribution is -2.30. The first-order valence-corrected chi connectivity index (χ1v) is 7.23. The van der Waals surface area contributed by atoms with E-state index in [9.17, 15) is 18.0 Å². The summed E-state index contributed by atoms with van der Waals surface area (Å²) in [4.78, 5) is 11.6. The van der Waals surface area contributed by atoms with E-state index in [-0.39, 0.29) is 5.69 Å². The number of anilines is 1. The number of halogens is 3. The average Bonchev–Trinajstić information content (AvgIpc) is 2.46. The van der Waals surface area contributed by atoms with Crippen molar-refractivity contribution in [1.82, 2.24) is 5.32 Å². The van der Waals surface area contributed by atoms with Gasteiger partial charge in [0.05, 0.1) is 5.56 Å². The van der Waals surface area contributed by atoms with Crippen molar-refractivity contribution in [3.8, 4) is 0 Å². The summed E-state index contributed by atoms with van der Waals surface area (Å²) >= 11 is 0. The molecule has 22 heavy (non-hydrogen) atoms. The highest BCUT2D eigenvalue weighted by Crippen LogP contribution is 2.30. The molecular formula is C15H21F3N2O2. The molecule has 2 amide bonds. The number of carbonyl (C=O) groups is 1. The first-order valence-electron chi connectivity index (χ1n) is 7.23. The zero-order chi connectivity index (χ0) is 16.4. The number of hydrogen-bond acceptors (Lipinski definition) is 2. The second kappa shape index (κ2) is 9.30. The van der Waals surface area contributed by atoms with Crippen LogP contribution in [0, 0.1) is 0 Å². The van der Waals surface area contributed by atoms with Crippen molar-refractivity contribution >= 4 is 11.7 Å². The monoisotopic (exact) mass is 318 g/mol. The van der Waals surface area contributed by atoms with Crippen LogP contribution in [0.5, 0.6) is 0 Å². The first-order chi connectivity index (χ1) is 10.4. The average molecular weight is 318 g/mol. The van der Waals surface area contributed by atoms with Crippen molar-refractivity contribution in [2.75, 3.05) is 25.1 Å². The van der Waals surface area contributed by atoms with Gasteiger partial charge in [-0.15, -0.1) is 0 Å². The summed E-state index contributed by atoms with van der Waals surface area (Å²) in [7, 11) is 0. The predicted octanol–water partition coefficient (Wildman–Crippen LogP) is 4.03. The van der Waals surface area contributed by atoms with Crippen molar-refractivity contribution in [3.63, 3.8) is 0 Å². The topological polar surface area (TPSA) is 50.4 Å². The molecule has 4 nitrogen and oxygen atoms in total. The molecule has 1 aromatic rings. The lowest BCUT2D eigenvalue weighted by Gasteiger charge is -2.10. The van der Waals surface area contributed by atoms with Gasteiger partial charge in [-0.2, -0.15) is 13.2 Å². The Hall–Kier alpha value is -1.76. The summed E-state index contributed by atoms with van der Waals surface area (Å²) in [5.74, 6) is 0. The fourth-order valence-corrected chi connectivity index (χ4v) is 1.67. The van der Waals surface area contributed by atoms with E-state index in [4.69, 9.17) is 4.74 Å². The highest BCUT2D eigenvalue weighted by atomic mass is 19.4. The van der Waals surface area contributed by atoms with Crippen LogP contribution in [-0.4, -0.2) is 25.8 Å². The Labute approximate surface area is 128 Å². The molecule has 2 N–H and O–H groups in total. The van der Waals surface area contributed by atoms with E-state index >= 15 is 0 Å². The van der Waals surface area contributed by atoms with Crippen LogP contribution in [0.25, 0.3) is 0 Å². The van der Waals surface area contributed by atoms with Crippen LogP contribution in [0.3, 0.4) is 0 Å². The summed E-state index contributed by atoms with van der Waals surface area (Å²) in [5, 5.41) is 4.94. The zero-order valence-electron chi connectivity index (χ0n) is 12.5. The molecule has 0 aliphatic rings. The summed E-state index contributed by atoms with van der Waals surface area (Å²) < 4.78 is 42.9. The van der Waals surface area contributed by atoms with Crippen LogP contribution in [0.4, 0.5) is 23.7 Å². The molecule has 0 unspecified atom stereocenters. The molecule has 0 fully saturated rings. The number of nitrogens with one attached hydrogen (secondary N) is 2. The molecular weight excluding hydrogens is 297 g/mol. The van der Waals surface area contributed by atoms with Gasteiger partial charge in [-0.25, -0.2) is 4.79 Å². The van der Waals surface area contributed by atoms with E-state index in [0.717, 1.165) is 25.0 Å². The number of carbonyl (C=O) groups excluding carboxylic acids is 1. The molecule has 0 aliphatic carbocycles. The maximum absolute atomic E-state index is 12.5. The molecule has 0 bridgehead atoms. The van der Waals surface area contributed by atoms with Crippen LogP contribution in [0.1, 0.15) is 31.7 Å². The van der Waals surface area contributed by atoms with Gasteiger partial charge in [-0.1, -0.05) is 19.4 Å². The third-order valence-electron chi connectivity index (χ3n) is 2.84. The molecule has 0 aromatic heterocycles. The Kier molecular flexibility index (Phi) is 7.73. The first kappa shape index (κ1) is 18.3. The summed E-state index contributed by atoms with van der Waals surface area (Å²) in [6.45, 7) is 3.72. The molecule has 0 saturated carbocycles. The van der Waals surface area contributed by atoms with E-state index in [1.165, 1.54) is 12.1 Å². The summed E-state index contributed by atoms with van der Waals surface area (Å²) in [6, 6.07) is 3.97. The molecule has 0 atom stereocenters. The van der Waals surface area contributed by atoms with Gasteiger partial charge in [0.15, 0.2) is 0 Å². The van der Waals surface area contributed by atoms with Crippen LogP contribution < -0.4 is 10.6 Å². The van der Waals surface area contributed by atoms with Gasteiger partial charge in [-0.3, -0.25) is 0 Å². The van der Waals surface area contributed by atoms with E-state index in [0.29, 0.717) is 26.2 Å². The lowest BCUT2D eigenvalue weighted by molar-refractivity contribution is -0.137. The Morgan fingerprint density at radius 3 is 2.64 bits per heavy atom. The van der Waals surface area contributed by atoms with Crippen LogP contribution in [-0.2, 0) is 10.9 Å². The molecule has 7 heteroatoms. The number of unbranched alkanes of at least 4 members (excludes halogenated alkanes) is 1. The highest BCUT2D eigenvalue weighted by Gasteiger charge is 2.30. The van der Waals surface area contributed by atoms with Crippen molar-refractivity contribution in [1.29, 1.82) is 0 Å². The van der Waals surface area contributed by atoms with Crippen molar-refractivity contribution in [2.45, 2.75) is 32.4 Å². The highest BCUT2D eigenvalue weighted by molar-refractivity contribution is 5.89. The third-order valence-corrected chi connectivity index (χ3v) is 2.84. The van der Waals surface area contributed by atoms with E-state index in [1.807, 2.05) is 0 Å². The number of rotatable bonds is 8. The second-order valence-electron chi connectivity index (χ2n) is 4.78. The fourth-order valence-electron chi connectivity index (χ4n) is 1.67. The lowest BCUT2D eigenvalue weighted by atomic mass is 10.2. The van der Waals surface area contributed by atoms with Gasteiger partial charge in [0.1, 0.15) is 0 Å². The molecule has 1 rings (SSSR count). The van der Waals surface area contributed by atoms with Gasteiger partial charge >= 0.3 is 12.2 Å². The van der Waals surface area contributed by atoms with Gasteiger partial charge in [0.2, 0.25) is 0 Å². The number of ether oxygens (including phenoxy) is 1. The number of benzene rings is 1. The third kappa shape index (κ3) is 7.31. The SMILES string of the molecule is CCCCOCCCNC(=O)Nc1cccc(C(F)(F)F)c1. The maximum atomic E-state index is 12.5. The summed E-state index contributed by atoms with van der Waals surface area (Å²) in [6.07, 6.45) is -1.70. The van der Waals surface area contributed by atoms with Crippen molar-refractivity contribution in [2.24, 2.45) is 0 Å². The normalized spacial score (nSPS) is 11.3. The van der Waals surface area contributed by atoms with Crippen LogP contribution >= 0.6 is 0 Å². The fraction of sp³-hybridized carbons (Fsp3) is 0.533. The molecule has 1 aromatic carbocycles. The van der Waals surface area contributed by atoms with Gasteiger partial charge in [0, 0.05) is 25.4 Å². The minimum Gasteiger partial charge on any atom is -0.381 e. The van der Waals surface area contributed by atoms with E-state index in [2.05, 4.69) is 17.6 Å². The smallest absolute Gasteiger partial charge is 0.381 e. The molecule has 0 spiro atoms. The second-order valence-corrected chi connectivity index (χ2v) is 4.78. The minimum atomic E-state index is -4.43. The van der Waals surface area contributed by atoms with Crippen molar-refractivity contribution < 1.29 is 22.7 Å². The van der Waals surface area contributed by atoms with Gasteiger partial charge < -0.3 is 15.4 Å². The van der Waals surface area contributed by atoms with Crippen LogP contribution in [0.15, 0.2) is 24.3 Å². The maximum Gasteiger partial charge on any atom is 0.416 e.